The molecule has 4 aromatic rings. The first kappa shape index (κ1) is 11.3. The molecule has 0 unspecified atom stereocenters. The lowest BCUT2D eigenvalue weighted by Gasteiger charge is -1.95. The van der Waals surface area contributed by atoms with Crippen LogP contribution < -0.4 is 0 Å². The van der Waals surface area contributed by atoms with Gasteiger partial charge in [0.25, 0.3) is 5.89 Å². The Balaban J connectivity index is 2.01. The molecule has 3 heteroatoms. The summed E-state index contributed by atoms with van der Waals surface area (Å²) in [6, 6.07) is 12.1. The number of furan rings is 1. The summed E-state index contributed by atoms with van der Waals surface area (Å²) < 4.78 is 11.5. The molecule has 0 N–H and O–H groups in total. The van der Waals surface area contributed by atoms with Crippen molar-refractivity contribution in [2.24, 2.45) is 0 Å². The first-order chi connectivity index (χ1) is 9.72. The smallest absolute Gasteiger partial charge is 0.264 e. The Morgan fingerprint density at radius 3 is 2.80 bits per heavy atom. The molecule has 98 valence electrons. The van der Waals surface area contributed by atoms with E-state index < -0.39 is 0 Å². The minimum absolute atomic E-state index is 0.537. The molecule has 0 aliphatic heterocycles. The largest absolute Gasteiger partial charge is 0.458 e. The number of hydrogen-bond donors (Lipinski definition) is 0. The number of fused-ring (bicyclic) bond motifs is 2. The van der Waals surface area contributed by atoms with Crippen molar-refractivity contribution in [1.82, 2.24) is 4.98 Å². The van der Waals surface area contributed by atoms with Gasteiger partial charge in [-0.2, -0.15) is 0 Å². The second-order valence-corrected chi connectivity index (χ2v) is 5.10. The van der Waals surface area contributed by atoms with E-state index in [1.807, 2.05) is 37.3 Å². The van der Waals surface area contributed by atoms with Crippen molar-refractivity contribution in [2.45, 2.75) is 13.8 Å². The van der Waals surface area contributed by atoms with Gasteiger partial charge in [0, 0.05) is 10.8 Å². The van der Waals surface area contributed by atoms with E-state index in [1.165, 1.54) is 5.56 Å². The zero-order valence-electron chi connectivity index (χ0n) is 11.3. The third kappa shape index (κ3) is 1.56. The monoisotopic (exact) mass is 263 g/mol. The Bertz CT molecular complexity index is 931. The maximum atomic E-state index is 5.90. The Morgan fingerprint density at radius 1 is 1.05 bits per heavy atom. The van der Waals surface area contributed by atoms with Gasteiger partial charge >= 0.3 is 0 Å². The highest BCUT2D eigenvalue weighted by Crippen LogP contribution is 2.33. The van der Waals surface area contributed by atoms with E-state index in [-0.39, 0.29) is 0 Å². The van der Waals surface area contributed by atoms with Gasteiger partial charge < -0.3 is 8.83 Å². The van der Waals surface area contributed by atoms with Gasteiger partial charge in [-0.15, -0.1) is 0 Å². The quantitative estimate of drug-likeness (QED) is 0.492. The number of aryl methyl sites for hydroxylation is 2. The van der Waals surface area contributed by atoms with E-state index in [0.717, 1.165) is 27.4 Å². The average molecular weight is 263 g/mol. The van der Waals surface area contributed by atoms with E-state index in [4.69, 9.17) is 8.83 Å². The number of benzene rings is 2. The van der Waals surface area contributed by atoms with E-state index in [2.05, 4.69) is 18.0 Å². The van der Waals surface area contributed by atoms with Crippen LogP contribution in [0.4, 0.5) is 0 Å². The van der Waals surface area contributed by atoms with Gasteiger partial charge in [-0.1, -0.05) is 30.3 Å². The van der Waals surface area contributed by atoms with Crippen molar-refractivity contribution in [2.75, 3.05) is 0 Å². The zero-order valence-corrected chi connectivity index (χ0v) is 11.3. The molecule has 0 fully saturated rings. The summed E-state index contributed by atoms with van der Waals surface area (Å²) in [5.41, 5.74) is 3.97. The van der Waals surface area contributed by atoms with Crippen LogP contribution in [0.1, 0.15) is 11.1 Å². The van der Waals surface area contributed by atoms with Crippen molar-refractivity contribution in [3.8, 4) is 11.7 Å². The molecule has 2 heterocycles. The van der Waals surface area contributed by atoms with Crippen LogP contribution in [0.3, 0.4) is 0 Å². The summed E-state index contributed by atoms with van der Waals surface area (Å²) in [5.74, 6) is 1.23. The van der Waals surface area contributed by atoms with Crippen LogP contribution in [-0.2, 0) is 0 Å². The van der Waals surface area contributed by atoms with Crippen molar-refractivity contribution in [3.05, 3.63) is 53.8 Å². The molecule has 0 saturated heterocycles. The third-order valence-electron chi connectivity index (χ3n) is 3.52. The standard InChI is InChI=1S/C17H13NO2/c1-10-7-11(2)15-14(8-10)18-17(20-15)16-13-6-4-3-5-12(13)9-19-16/h3-9H,1-2H3. The first-order valence-corrected chi connectivity index (χ1v) is 6.57. The second kappa shape index (κ2) is 3.97. The molecule has 3 nitrogen and oxygen atoms in total. The van der Waals surface area contributed by atoms with Crippen molar-refractivity contribution < 1.29 is 8.83 Å². The fourth-order valence-corrected chi connectivity index (χ4v) is 2.63. The molecule has 0 bridgehead atoms. The first-order valence-electron chi connectivity index (χ1n) is 6.57. The molecular formula is C17H13NO2. The van der Waals surface area contributed by atoms with Gasteiger partial charge in [-0.05, 0) is 31.0 Å². The van der Waals surface area contributed by atoms with Gasteiger partial charge in [0.2, 0.25) is 0 Å². The molecule has 0 aliphatic carbocycles. The van der Waals surface area contributed by atoms with Crippen LogP contribution in [0.2, 0.25) is 0 Å². The molecular weight excluding hydrogens is 250 g/mol. The SMILES string of the molecule is Cc1cc(C)c2oc(-c3occ4ccccc34)nc2c1. The van der Waals surface area contributed by atoms with Gasteiger partial charge in [0.05, 0.1) is 6.26 Å². The van der Waals surface area contributed by atoms with Crippen LogP contribution in [0.15, 0.2) is 51.5 Å². The molecule has 0 spiro atoms. The van der Waals surface area contributed by atoms with Crippen molar-refractivity contribution >= 4 is 21.9 Å². The number of nitrogens with zero attached hydrogens (tertiary/aromatic N) is 1. The molecule has 0 aliphatic rings. The van der Waals surface area contributed by atoms with Crippen LogP contribution in [-0.4, -0.2) is 4.98 Å². The lowest BCUT2D eigenvalue weighted by molar-refractivity contribution is 0.538. The van der Waals surface area contributed by atoms with Crippen LogP contribution in [0.5, 0.6) is 0 Å². The average Bonchev–Trinajstić information content (AvgIpc) is 3.01. The minimum Gasteiger partial charge on any atom is -0.458 e. The molecule has 4 rings (SSSR count). The maximum absolute atomic E-state index is 5.90. The van der Waals surface area contributed by atoms with Crippen LogP contribution in [0, 0.1) is 13.8 Å². The Kier molecular flexibility index (Phi) is 2.24. The molecule has 0 amide bonds. The predicted molar refractivity (Wildman–Crippen MR) is 78.7 cm³/mol. The summed E-state index contributed by atoms with van der Waals surface area (Å²) in [6.07, 6.45) is 1.73. The van der Waals surface area contributed by atoms with E-state index in [9.17, 15) is 0 Å². The van der Waals surface area contributed by atoms with Crippen LogP contribution in [0.25, 0.3) is 33.5 Å². The molecule has 2 aromatic heterocycles. The zero-order chi connectivity index (χ0) is 13.7. The van der Waals surface area contributed by atoms with E-state index >= 15 is 0 Å². The Hall–Kier alpha value is -2.55. The summed E-state index contributed by atoms with van der Waals surface area (Å²) in [4.78, 5) is 4.57. The lowest BCUT2D eigenvalue weighted by Crippen LogP contribution is -1.77. The third-order valence-corrected chi connectivity index (χ3v) is 3.52. The highest BCUT2D eigenvalue weighted by Gasteiger charge is 2.16. The number of rotatable bonds is 1. The maximum Gasteiger partial charge on any atom is 0.264 e. The predicted octanol–water partition coefficient (Wildman–Crippen LogP) is 4.86. The molecule has 20 heavy (non-hydrogen) atoms. The second-order valence-electron chi connectivity index (χ2n) is 5.10. The van der Waals surface area contributed by atoms with E-state index in [0.29, 0.717) is 11.7 Å². The van der Waals surface area contributed by atoms with Gasteiger partial charge in [-0.25, -0.2) is 4.98 Å². The van der Waals surface area contributed by atoms with Crippen molar-refractivity contribution in [1.29, 1.82) is 0 Å². The van der Waals surface area contributed by atoms with Gasteiger partial charge in [-0.3, -0.25) is 0 Å². The highest BCUT2D eigenvalue weighted by atomic mass is 16.4. The summed E-state index contributed by atoms with van der Waals surface area (Å²) >= 11 is 0. The summed E-state index contributed by atoms with van der Waals surface area (Å²) in [7, 11) is 0. The number of aromatic nitrogens is 1. The number of oxazole rings is 1. The van der Waals surface area contributed by atoms with Crippen molar-refractivity contribution in [3.63, 3.8) is 0 Å². The fraction of sp³-hybridized carbons (Fsp3) is 0.118. The lowest BCUT2D eigenvalue weighted by atomic mass is 10.1. The Labute approximate surface area is 115 Å². The molecule has 0 atom stereocenters. The Morgan fingerprint density at radius 2 is 1.90 bits per heavy atom. The summed E-state index contributed by atoms with van der Waals surface area (Å²) in [6.45, 7) is 4.09. The van der Waals surface area contributed by atoms with Gasteiger partial charge in [0.15, 0.2) is 11.3 Å². The van der Waals surface area contributed by atoms with Crippen LogP contribution >= 0.6 is 0 Å². The topological polar surface area (TPSA) is 39.2 Å². The molecule has 2 aromatic carbocycles. The number of hydrogen-bond acceptors (Lipinski definition) is 3. The normalized spacial score (nSPS) is 11.5. The molecule has 0 radical (unpaired) electrons. The molecule has 0 saturated carbocycles. The highest BCUT2D eigenvalue weighted by molar-refractivity contribution is 5.93. The fourth-order valence-electron chi connectivity index (χ4n) is 2.63. The minimum atomic E-state index is 0.537. The van der Waals surface area contributed by atoms with Gasteiger partial charge in [0.1, 0.15) is 5.52 Å². The summed E-state index contributed by atoms with van der Waals surface area (Å²) in [5, 5.41) is 2.08. The van der Waals surface area contributed by atoms with E-state index in [1.54, 1.807) is 6.26 Å².